The Balaban J connectivity index is 1.57. The zero-order valence-electron chi connectivity index (χ0n) is 17.4. The molecule has 15 heteroatoms. The van der Waals surface area contributed by atoms with E-state index < -0.39 is 65.4 Å². The molecule has 4 aliphatic rings. The van der Waals surface area contributed by atoms with Gasteiger partial charge in [-0.25, -0.2) is 24.7 Å². The van der Waals surface area contributed by atoms with Gasteiger partial charge in [-0.1, -0.05) is 0 Å². The van der Waals surface area contributed by atoms with E-state index in [0.717, 1.165) is 0 Å². The number of aryl methyl sites for hydroxylation is 1. The molecular formula is C19H18N6O9. The number of nitrogens with one attached hydrogen (secondary N) is 2. The van der Waals surface area contributed by atoms with Crippen LogP contribution in [0, 0.1) is 6.92 Å². The second-order valence-corrected chi connectivity index (χ2v) is 8.63. The maximum absolute atomic E-state index is 12.4. The third-order valence-electron chi connectivity index (χ3n) is 5.96. The SMILES string of the molecule is Cc1nc(Nc2ncnc3nc[nH]c23)c(C(=O)O)c(C23OC4(O)CC(O)(CC(O)(C4)O2)O3)c1O. The van der Waals surface area contributed by atoms with Gasteiger partial charge >= 0.3 is 11.9 Å². The summed E-state index contributed by atoms with van der Waals surface area (Å²) < 4.78 is 16.7. The number of hydrogen-bond donors (Lipinski definition) is 7. The first-order valence-corrected chi connectivity index (χ1v) is 10.1. The van der Waals surface area contributed by atoms with Gasteiger partial charge in [-0.3, -0.25) is 14.2 Å². The number of aliphatic hydroxyl groups is 3. The fourth-order valence-corrected chi connectivity index (χ4v) is 4.93. The van der Waals surface area contributed by atoms with E-state index in [1.165, 1.54) is 19.6 Å². The second-order valence-electron chi connectivity index (χ2n) is 8.63. The number of imidazole rings is 1. The molecule has 7 rings (SSSR count). The molecule has 0 amide bonds. The van der Waals surface area contributed by atoms with Crippen molar-refractivity contribution < 1.29 is 44.5 Å². The Morgan fingerprint density at radius 3 is 2.24 bits per heavy atom. The predicted molar refractivity (Wildman–Crippen MR) is 106 cm³/mol. The van der Waals surface area contributed by atoms with Gasteiger partial charge in [-0.15, -0.1) is 0 Å². The number of H-pyrrole nitrogens is 1. The summed E-state index contributed by atoms with van der Waals surface area (Å²) in [5.74, 6) is -11.5. The van der Waals surface area contributed by atoms with E-state index in [1.807, 2.05) is 0 Å². The van der Waals surface area contributed by atoms with E-state index in [2.05, 4.69) is 30.2 Å². The van der Waals surface area contributed by atoms with Gasteiger partial charge < -0.3 is 35.8 Å². The van der Waals surface area contributed by atoms with Crippen LogP contribution in [0.15, 0.2) is 12.7 Å². The lowest BCUT2D eigenvalue weighted by Crippen LogP contribution is -2.75. The average molecular weight is 474 g/mol. The lowest BCUT2D eigenvalue weighted by Gasteiger charge is -2.63. The molecule has 3 aromatic rings. The minimum atomic E-state index is -2.66. The van der Waals surface area contributed by atoms with Crippen LogP contribution in [0.4, 0.5) is 11.6 Å². The normalized spacial score (nSPS) is 34.0. The molecule has 0 aromatic carbocycles. The zero-order valence-corrected chi connectivity index (χ0v) is 17.4. The van der Waals surface area contributed by atoms with Crippen molar-refractivity contribution in [3.63, 3.8) is 0 Å². The Hall–Kier alpha value is -3.47. The maximum Gasteiger partial charge on any atom is 0.340 e. The van der Waals surface area contributed by atoms with E-state index in [9.17, 15) is 30.3 Å². The Morgan fingerprint density at radius 2 is 1.65 bits per heavy atom. The lowest BCUT2D eigenvalue weighted by atomic mass is 9.80. The highest BCUT2D eigenvalue weighted by atomic mass is 17.0. The predicted octanol–water partition coefficient (Wildman–Crippen LogP) is -0.359. The Morgan fingerprint density at radius 1 is 1.03 bits per heavy atom. The maximum atomic E-state index is 12.4. The first kappa shape index (κ1) is 21.1. The van der Waals surface area contributed by atoms with Crippen LogP contribution in [0.5, 0.6) is 5.75 Å². The summed E-state index contributed by atoms with van der Waals surface area (Å²) in [5, 5.41) is 56.3. The summed E-state index contributed by atoms with van der Waals surface area (Å²) in [6.07, 6.45) is 1.30. The van der Waals surface area contributed by atoms with Crippen LogP contribution in [0.2, 0.25) is 0 Å². The fraction of sp³-hybridized carbons (Fsp3) is 0.421. The minimum absolute atomic E-state index is 0.0741. The van der Waals surface area contributed by atoms with Crippen molar-refractivity contribution in [2.75, 3.05) is 5.32 Å². The number of fused-ring (bicyclic) bond motifs is 1. The van der Waals surface area contributed by atoms with Crippen molar-refractivity contribution in [1.29, 1.82) is 0 Å². The molecule has 34 heavy (non-hydrogen) atoms. The number of hydrogen-bond acceptors (Lipinski definition) is 13. The number of aromatic hydroxyl groups is 1. The third kappa shape index (κ3) is 2.89. The lowest BCUT2D eigenvalue weighted by molar-refractivity contribution is -0.636. The average Bonchev–Trinajstić information content (AvgIpc) is 3.16. The number of carboxylic acids is 1. The molecule has 3 aromatic heterocycles. The zero-order chi connectivity index (χ0) is 24.1. The Labute approximate surface area is 189 Å². The number of pyridine rings is 1. The molecule has 15 nitrogen and oxygen atoms in total. The van der Waals surface area contributed by atoms with Crippen molar-refractivity contribution in [1.82, 2.24) is 24.9 Å². The summed E-state index contributed by atoms with van der Waals surface area (Å²) in [6, 6.07) is 0. The molecule has 7 N–H and O–H groups in total. The number of aromatic nitrogens is 5. The van der Waals surface area contributed by atoms with Gasteiger partial charge in [0.15, 0.2) is 28.8 Å². The second kappa shape index (κ2) is 6.35. The summed E-state index contributed by atoms with van der Waals surface area (Å²) in [5.41, 5.74) is -0.710. The highest BCUT2D eigenvalue weighted by molar-refractivity contribution is 5.98. The number of carbonyl (C=O) groups is 1. The molecule has 178 valence electrons. The van der Waals surface area contributed by atoms with E-state index in [1.54, 1.807) is 0 Å². The first-order valence-electron chi connectivity index (χ1n) is 10.1. The Kier molecular flexibility index (Phi) is 3.94. The summed E-state index contributed by atoms with van der Waals surface area (Å²) in [4.78, 5) is 31.5. The molecule has 0 radical (unpaired) electrons. The van der Waals surface area contributed by atoms with Gasteiger partial charge in [-0.05, 0) is 6.92 Å². The topological polar surface area (TPSA) is 225 Å². The monoisotopic (exact) mass is 474 g/mol. The van der Waals surface area contributed by atoms with Crippen LogP contribution in [0.25, 0.3) is 11.2 Å². The minimum Gasteiger partial charge on any atom is -0.505 e. The van der Waals surface area contributed by atoms with Gasteiger partial charge in [0.2, 0.25) is 0 Å². The number of ether oxygens (including phenoxy) is 3. The van der Waals surface area contributed by atoms with E-state index in [-0.39, 0.29) is 17.3 Å². The summed E-state index contributed by atoms with van der Waals surface area (Å²) in [7, 11) is 0. The largest absolute Gasteiger partial charge is 0.505 e. The highest BCUT2D eigenvalue weighted by Crippen LogP contribution is 2.62. The number of aromatic amines is 1. The van der Waals surface area contributed by atoms with Crippen LogP contribution in [-0.2, 0) is 20.2 Å². The quantitative estimate of drug-likeness (QED) is 0.256. The number of carboxylic acid groups (broad SMARTS) is 1. The van der Waals surface area contributed by atoms with Crippen molar-refractivity contribution in [2.24, 2.45) is 0 Å². The van der Waals surface area contributed by atoms with Crippen LogP contribution < -0.4 is 5.32 Å². The first-order chi connectivity index (χ1) is 15.9. The van der Waals surface area contributed by atoms with Crippen molar-refractivity contribution >= 4 is 28.8 Å². The molecular weight excluding hydrogens is 456 g/mol. The number of aromatic carboxylic acids is 1. The van der Waals surface area contributed by atoms with Gasteiger partial charge in [-0.2, -0.15) is 0 Å². The number of rotatable bonds is 4. The number of nitrogens with zero attached hydrogens (tertiary/aromatic N) is 4. The molecule has 4 bridgehead atoms. The van der Waals surface area contributed by atoms with Crippen molar-refractivity contribution in [3.8, 4) is 5.75 Å². The highest BCUT2D eigenvalue weighted by Gasteiger charge is 2.73. The van der Waals surface area contributed by atoms with E-state index in [0.29, 0.717) is 11.2 Å². The molecule has 3 aliphatic heterocycles. The van der Waals surface area contributed by atoms with Crippen LogP contribution in [-0.4, -0.2) is 73.8 Å². The van der Waals surface area contributed by atoms with Gasteiger partial charge in [0.1, 0.15) is 34.5 Å². The molecule has 3 saturated heterocycles. The molecule has 0 unspecified atom stereocenters. The Bertz CT molecular complexity index is 1320. The van der Waals surface area contributed by atoms with Crippen LogP contribution in [0.1, 0.15) is 40.9 Å². The van der Waals surface area contributed by atoms with E-state index >= 15 is 0 Å². The number of anilines is 2. The molecule has 6 heterocycles. The molecule has 1 aliphatic carbocycles. The van der Waals surface area contributed by atoms with Gasteiger partial charge in [0.25, 0.3) is 0 Å². The summed E-state index contributed by atoms with van der Waals surface area (Å²) >= 11 is 0. The van der Waals surface area contributed by atoms with Crippen molar-refractivity contribution in [2.45, 2.75) is 49.5 Å². The van der Waals surface area contributed by atoms with Crippen molar-refractivity contribution in [3.05, 3.63) is 29.5 Å². The smallest absolute Gasteiger partial charge is 0.340 e. The van der Waals surface area contributed by atoms with Crippen LogP contribution >= 0.6 is 0 Å². The summed E-state index contributed by atoms with van der Waals surface area (Å²) in [6.45, 7) is 1.38. The van der Waals surface area contributed by atoms with Crippen LogP contribution in [0.3, 0.4) is 0 Å². The fourth-order valence-electron chi connectivity index (χ4n) is 4.93. The van der Waals surface area contributed by atoms with E-state index in [4.69, 9.17) is 14.2 Å². The molecule has 0 atom stereocenters. The van der Waals surface area contributed by atoms with Gasteiger partial charge in [0, 0.05) is 0 Å². The molecule has 0 spiro atoms. The third-order valence-corrected chi connectivity index (χ3v) is 5.96. The standard InChI is InChI=1S/C19H18N6O9/c1-7-11(26)9(19-32-16(29)2-17(30,33-19)4-18(31,3-16)34-19)8(15(27)28)12(24-7)25-14-10-13(21-5-20-10)22-6-23-14/h5-6,26,29-31H,2-4H2,1H3,(H,27,28)(H2,20,21,22,23,24,25). The molecule has 1 saturated carbocycles. The molecule has 4 fully saturated rings. The van der Waals surface area contributed by atoms with Gasteiger partial charge in [0.05, 0.1) is 31.3 Å².